The van der Waals surface area contributed by atoms with E-state index in [4.69, 9.17) is 4.74 Å². The molecule has 0 spiro atoms. The van der Waals surface area contributed by atoms with E-state index in [2.05, 4.69) is 5.32 Å². The smallest absolute Gasteiger partial charge is 0.0700 e. The second kappa shape index (κ2) is 5.72. The van der Waals surface area contributed by atoms with Gasteiger partial charge in [0.15, 0.2) is 0 Å². The summed E-state index contributed by atoms with van der Waals surface area (Å²) in [5, 5.41) is 3.40. The zero-order valence-electron chi connectivity index (χ0n) is 9.13. The molecule has 2 aliphatic rings. The van der Waals surface area contributed by atoms with Crippen LogP contribution in [0.4, 0.5) is 0 Å². The molecule has 1 aliphatic carbocycles. The lowest BCUT2D eigenvalue weighted by molar-refractivity contribution is 0.00845. The van der Waals surface area contributed by atoms with Gasteiger partial charge >= 0.3 is 0 Å². The van der Waals surface area contributed by atoms with Crippen LogP contribution in [0.5, 0.6) is 0 Å². The molecular weight excluding hydrogens is 174 g/mol. The molecule has 82 valence electrons. The second-order valence-electron chi connectivity index (χ2n) is 4.81. The molecule has 0 aromatic heterocycles. The van der Waals surface area contributed by atoms with Crippen LogP contribution in [-0.2, 0) is 4.74 Å². The number of nitrogens with one attached hydrogen (secondary N) is 1. The van der Waals surface area contributed by atoms with Crippen molar-refractivity contribution in [2.75, 3.05) is 19.7 Å². The minimum atomic E-state index is 0.505. The third kappa shape index (κ3) is 3.25. The minimum Gasteiger partial charge on any atom is -0.377 e. The van der Waals surface area contributed by atoms with Crippen molar-refractivity contribution in [3.63, 3.8) is 0 Å². The lowest BCUT2D eigenvalue weighted by Gasteiger charge is -2.27. The molecule has 1 heterocycles. The fourth-order valence-electron chi connectivity index (χ4n) is 2.59. The van der Waals surface area contributed by atoms with Crippen molar-refractivity contribution in [2.45, 2.75) is 51.0 Å². The molecule has 1 N–H and O–H groups in total. The van der Waals surface area contributed by atoms with Gasteiger partial charge in [0.05, 0.1) is 6.10 Å². The molecule has 14 heavy (non-hydrogen) atoms. The first-order chi connectivity index (χ1) is 6.95. The Morgan fingerprint density at radius 1 is 1.00 bits per heavy atom. The first kappa shape index (κ1) is 10.4. The number of piperidine rings is 1. The monoisotopic (exact) mass is 197 g/mol. The van der Waals surface area contributed by atoms with E-state index in [0.29, 0.717) is 6.10 Å². The van der Waals surface area contributed by atoms with Crippen molar-refractivity contribution in [3.8, 4) is 0 Å². The number of hydrogen-bond acceptors (Lipinski definition) is 2. The summed E-state index contributed by atoms with van der Waals surface area (Å²) in [6.45, 7) is 3.28. The van der Waals surface area contributed by atoms with Crippen LogP contribution in [0.15, 0.2) is 0 Å². The van der Waals surface area contributed by atoms with E-state index in [0.717, 1.165) is 19.1 Å². The number of hydrogen-bond donors (Lipinski definition) is 1. The Morgan fingerprint density at radius 3 is 2.57 bits per heavy atom. The van der Waals surface area contributed by atoms with Gasteiger partial charge in [-0.05, 0) is 38.1 Å². The van der Waals surface area contributed by atoms with Crippen LogP contribution >= 0.6 is 0 Å². The molecule has 2 rings (SSSR count). The molecule has 1 saturated carbocycles. The first-order valence-corrected chi connectivity index (χ1v) is 6.27. The summed E-state index contributed by atoms with van der Waals surface area (Å²) in [7, 11) is 0. The molecule has 0 amide bonds. The maximum absolute atomic E-state index is 5.96. The SMILES string of the molecule is C1CCC(COC2CCCNC2)CC1. The highest BCUT2D eigenvalue weighted by Crippen LogP contribution is 2.24. The van der Waals surface area contributed by atoms with Gasteiger partial charge in [-0.1, -0.05) is 19.3 Å². The Morgan fingerprint density at radius 2 is 1.86 bits per heavy atom. The molecule has 2 fully saturated rings. The Hall–Kier alpha value is -0.0800. The minimum absolute atomic E-state index is 0.505. The molecule has 0 aromatic carbocycles. The standard InChI is InChI=1S/C12H23NO/c1-2-5-11(6-3-1)10-14-12-7-4-8-13-9-12/h11-13H,1-10H2. The molecule has 1 unspecified atom stereocenters. The fraction of sp³-hybridized carbons (Fsp3) is 1.00. The van der Waals surface area contributed by atoms with Crippen LogP contribution in [0.25, 0.3) is 0 Å². The van der Waals surface area contributed by atoms with Crippen LogP contribution in [0, 0.1) is 5.92 Å². The van der Waals surface area contributed by atoms with Crippen molar-refractivity contribution in [2.24, 2.45) is 5.92 Å². The van der Waals surface area contributed by atoms with Crippen LogP contribution in [0.1, 0.15) is 44.9 Å². The largest absolute Gasteiger partial charge is 0.377 e. The number of rotatable bonds is 3. The van der Waals surface area contributed by atoms with E-state index < -0.39 is 0 Å². The van der Waals surface area contributed by atoms with E-state index in [1.54, 1.807) is 0 Å². The summed E-state index contributed by atoms with van der Waals surface area (Å²) in [6, 6.07) is 0. The molecule has 0 bridgehead atoms. The third-order valence-corrected chi connectivity index (χ3v) is 3.54. The molecule has 1 aliphatic heterocycles. The van der Waals surface area contributed by atoms with E-state index in [1.165, 1.54) is 51.5 Å². The highest BCUT2D eigenvalue weighted by Gasteiger charge is 2.17. The molecule has 0 aromatic rings. The fourth-order valence-corrected chi connectivity index (χ4v) is 2.59. The van der Waals surface area contributed by atoms with Gasteiger partial charge in [-0.2, -0.15) is 0 Å². The Bertz CT molecular complexity index is 130. The Balaban J connectivity index is 1.60. The summed E-state index contributed by atoms with van der Waals surface area (Å²) in [5.74, 6) is 0.866. The van der Waals surface area contributed by atoms with Crippen molar-refractivity contribution in [1.29, 1.82) is 0 Å². The molecular formula is C12H23NO. The maximum atomic E-state index is 5.96. The lowest BCUT2D eigenvalue weighted by atomic mass is 9.90. The summed E-state index contributed by atoms with van der Waals surface area (Å²) >= 11 is 0. The first-order valence-electron chi connectivity index (χ1n) is 6.27. The van der Waals surface area contributed by atoms with Gasteiger partial charge in [-0.25, -0.2) is 0 Å². The summed E-state index contributed by atoms with van der Waals surface area (Å²) in [5.41, 5.74) is 0. The quantitative estimate of drug-likeness (QED) is 0.750. The predicted molar refractivity (Wildman–Crippen MR) is 58.4 cm³/mol. The molecule has 2 nitrogen and oxygen atoms in total. The molecule has 0 radical (unpaired) electrons. The Labute approximate surface area is 87.4 Å². The average molecular weight is 197 g/mol. The van der Waals surface area contributed by atoms with Gasteiger partial charge < -0.3 is 10.1 Å². The molecule has 1 saturated heterocycles. The lowest BCUT2D eigenvalue weighted by Crippen LogP contribution is -2.36. The topological polar surface area (TPSA) is 21.3 Å². The highest BCUT2D eigenvalue weighted by atomic mass is 16.5. The van der Waals surface area contributed by atoms with E-state index in [9.17, 15) is 0 Å². The number of ether oxygens (including phenoxy) is 1. The van der Waals surface area contributed by atoms with Gasteiger partial charge in [0, 0.05) is 13.2 Å². The van der Waals surface area contributed by atoms with Gasteiger partial charge in [-0.15, -0.1) is 0 Å². The van der Waals surface area contributed by atoms with Crippen LogP contribution < -0.4 is 5.32 Å². The van der Waals surface area contributed by atoms with Crippen molar-refractivity contribution < 1.29 is 4.74 Å². The van der Waals surface area contributed by atoms with Crippen LogP contribution in [0.3, 0.4) is 0 Å². The van der Waals surface area contributed by atoms with Crippen molar-refractivity contribution >= 4 is 0 Å². The van der Waals surface area contributed by atoms with Crippen molar-refractivity contribution in [1.82, 2.24) is 5.32 Å². The summed E-state index contributed by atoms with van der Waals surface area (Å²) in [6.07, 6.45) is 10.2. The van der Waals surface area contributed by atoms with E-state index >= 15 is 0 Å². The van der Waals surface area contributed by atoms with Gasteiger partial charge in [-0.3, -0.25) is 0 Å². The zero-order valence-corrected chi connectivity index (χ0v) is 9.13. The third-order valence-electron chi connectivity index (χ3n) is 3.54. The molecule has 1 atom stereocenters. The average Bonchev–Trinajstić information content (AvgIpc) is 2.29. The highest BCUT2D eigenvalue weighted by molar-refractivity contribution is 4.71. The van der Waals surface area contributed by atoms with Gasteiger partial charge in [0.2, 0.25) is 0 Å². The summed E-state index contributed by atoms with van der Waals surface area (Å²) in [4.78, 5) is 0. The van der Waals surface area contributed by atoms with E-state index in [1.807, 2.05) is 0 Å². The Kier molecular flexibility index (Phi) is 4.26. The van der Waals surface area contributed by atoms with Gasteiger partial charge in [0.25, 0.3) is 0 Å². The predicted octanol–water partition coefficient (Wildman–Crippen LogP) is 2.34. The normalized spacial score (nSPS) is 30.4. The maximum Gasteiger partial charge on any atom is 0.0700 e. The van der Waals surface area contributed by atoms with Gasteiger partial charge in [0.1, 0.15) is 0 Å². The summed E-state index contributed by atoms with van der Waals surface area (Å²) < 4.78 is 5.96. The second-order valence-corrected chi connectivity index (χ2v) is 4.81. The van der Waals surface area contributed by atoms with Crippen LogP contribution in [-0.4, -0.2) is 25.8 Å². The van der Waals surface area contributed by atoms with Crippen LogP contribution in [0.2, 0.25) is 0 Å². The molecule has 2 heteroatoms. The van der Waals surface area contributed by atoms with E-state index in [-0.39, 0.29) is 0 Å². The zero-order chi connectivity index (χ0) is 9.64. The van der Waals surface area contributed by atoms with Crippen molar-refractivity contribution in [3.05, 3.63) is 0 Å².